The number of hydrogen-bond donors (Lipinski definition) is 4. The van der Waals surface area contributed by atoms with Crippen LogP contribution in [0.3, 0.4) is 0 Å². The predicted molar refractivity (Wildman–Crippen MR) is 166 cm³/mol. The highest BCUT2D eigenvalue weighted by atomic mass is 16.5. The van der Waals surface area contributed by atoms with Crippen LogP contribution in [0.2, 0.25) is 0 Å². The molecule has 1 atom stereocenters. The number of amides is 2. The molecule has 0 fully saturated rings. The molecule has 3 aromatic carbocycles. The largest absolute Gasteiger partial charge is 0.508 e. The van der Waals surface area contributed by atoms with Crippen molar-refractivity contribution in [2.24, 2.45) is 11.7 Å². The maximum atomic E-state index is 12.5. The Morgan fingerprint density at radius 2 is 1.62 bits per heavy atom. The highest BCUT2D eigenvalue weighted by molar-refractivity contribution is 5.94. The number of anilines is 1. The molecule has 0 radical (unpaired) electrons. The summed E-state index contributed by atoms with van der Waals surface area (Å²) >= 11 is 0. The van der Waals surface area contributed by atoms with Crippen molar-refractivity contribution in [1.29, 1.82) is 0 Å². The summed E-state index contributed by atoms with van der Waals surface area (Å²) in [6, 6.07) is 18.9. The molecular weight excluding hydrogens is 530 g/mol. The minimum absolute atomic E-state index is 0.0427. The van der Waals surface area contributed by atoms with E-state index in [4.69, 9.17) is 15.2 Å². The van der Waals surface area contributed by atoms with Crippen LogP contribution in [-0.2, 0) is 29.2 Å². The van der Waals surface area contributed by atoms with Gasteiger partial charge in [0.15, 0.2) is 11.5 Å². The quantitative estimate of drug-likeness (QED) is 0.125. The first-order valence-electron chi connectivity index (χ1n) is 14.4. The number of ether oxygens (including phenoxy) is 2. The second kappa shape index (κ2) is 16.8. The van der Waals surface area contributed by atoms with Crippen molar-refractivity contribution in [3.05, 3.63) is 95.6 Å². The standard InChI is InChI=1S/C34H43N3O5/c1-24(2)8-6-4-5-7-9-33(39)36-22-27-14-19-31(32(21-27)41-3)42-23-26-10-15-28(16-11-26)37-34(40)30(35)20-25-12-17-29(38)18-13-25/h6,8,10-19,21,24,30,38H,4-5,7,9,20,22-23,35H2,1-3H3,(H,36,39)(H,37,40)/b8-6+/t30-/m0/s1. The second-order valence-electron chi connectivity index (χ2n) is 10.6. The molecule has 0 aliphatic heterocycles. The van der Waals surface area contributed by atoms with E-state index in [2.05, 4.69) is 36.6 Å². The zero-order chi connectivity index (χ0) is 30.3. The summed E-state index contributed by atoms with van der Waals surface area (Å²) in [7, 11) is 1.59. The Hall–Kier alpha value is -4.30. The van der Waals surface area contributed by atoms with Crippen LogP contribution in [0.1, 0.15) is 56.2 Å². The lowest BCUT2D eigenvalue weighted by Gasteiger charge is -2.14. The molecule has 0 bridgehead atoms. The zero-order valence-corrected chi connectivity index (χ0v) is 24.8. The maximum absolute atomic E-state index is 12.5. The number of carbonyl (C=O) groups excluding carboxylic acids is 2. The van der Waals surface area contributed by atoms with Crippen molar-refractivity contribution >= 4 is 17.5 Å². The smallest absolute Gasteiger partial charge is 0.241 e. The van der Waals surface area contributed by atoms with Crippen LogP contribution in [0.4, 0.5) is 5.69 Å². The van der Waals surface area contributed by atoms with Crippen LogP contribution in [0.25, 0.3) is 0 Å². The van der Waals surface area contributed by atoms with E-state index < -0.39 is 6.04 Å². The second-order valence-corrected chi connectivity index (χ2v) is 10.6. The van der Waals surface area contributed by atoms with Gasteiger partial charge in [0.05, 0.1) is 13.2 Å². The average molecular weight is 574 g/mol. The normalized spacial score (nSPS) is 11.8. The van der Waals surface area contributed by atoms with Crippen molar-refractivity contribution < 1.29 is 24.2 Å². The number of nitrogens with one attached hydrogen (secondary N) is 2. The minimum atomic E-state index is -0.719. The third-order valence-corrected chi connectivity index (χ3v) is 6.61. The van der Waals surface area contributed by atoms with Gasteiger partial charge in [-0.1, -0.05) is 56.3 Å². The van der Waals surface area contributed by atoms with Crippen molar-refractivity contribution in [1.82, 2.24) is 5.32 Å². The Kier molecular flexibility index (Phi) is 12.9. The number of rotatable bonds is 16. The van der Waals surface area contributed by atoms with Gasteiger partial charge < -0.3 is 30.9 Å². The molecule has 3 aromatic rings. The van der Waals surface area contributed by atoms with E-state index in [-0.39, 0.29) is 17.6 Å². The zero-order valence-electron chi connectivity index (χ0n) is 24.8. The number of carbonyl (C=O) groups is 2. The lowest BCUT2D eigenvalue weighted by atomic mass is 10.1. The highest BCUT2D eigenvalue weighted by Gasteiger charge is 2.15. The van der Waals surface area contributed by atoms with E-state index in [9.17, 15) is 14.7 Å². The minimum Gasteiger partial charge on any atom is -0.508 e. The van der Waals surface area contributed by atoms with Gasteiger partial charge >= 0.3 is 0 Å². The number of methoxy groups -OCH3 is 1. The number of benzene rings is 3. The van der Waals surface area contributed by atoms with Crippen LogP contribution in [0.5, 0.6) is 17.2 Å². The SMILES string of the molecule is COc1cc(CNC(=O)CCCC/C=C/C(C)C)ccc1OCc1ccc(NC(=O)[C@@H](N)Cc2ccc(O)cc2)cc1. The lowest BCUT2D eigenvalue weighted by Crippen LogP contribution is -2.37. The Morgan fingerprint density at radius 1 is 0.929 bits per heavy atom. The molecule has 0 unspecified atom stereocenters. The molecule has 8 heteroatoms. The van der Waals surface area contributed by atoms with Crippen molar-refractivity contribution in [3.63, 3.8) is 0 Å². The number of unbranched alkanes of at least 4 members (excludes halogenated alkanes) is 2. The average Bonchev–Trinajstić information content (AvgIpc) is 2.98. The van der Waals surface area contributed by atoms with Gasteiger partial charge in [0.2, 0.25) is 11.8 Å². The fourth-order valence-electron chi connectivity index (χ4n) is 4.21. The topological polar surface area (TPSA) is 123 Å². The molecule has 0 aliphatic carbocycles. The Balaban J connectivity index is 1.42. The number of phenols is 1. The van der Waals surface area contributed by atoms with Gasteiger partial charge in [-0.15, -0.1) is 0 Å². The molecule has 0 saturated carbocycles. The molecule has 8 nitrogen and oxygen atoms in total. The van der Waals surface area contributed by atoms with Crippen LogP contribution >= 0.6 is 0 Å². The molecule has 0 aromatic heterocycles. The Labute approximate surface area is 248 Å². The van der Waals surface area contributed by atoms with Crippen molar-refractivity contribution in [3.8, 4) is 17.2 Å². The van der Waals surface area contributed by atoms with E-state index in [0.717, 1.165) is 36.0 Å². The number of nitrogens with two attached hydrogens (primary N) is 1. The maximum Gasteiger partial charge on any atom is 0.241 e. The lowest BCUT2D eigenvalue weighted by molar-refractivity contribution is -0.121. The van der Waals surface area contributed by atoms with Crippen LogP contribution < -0.4 is 25.8 Å². The first-order chi connectivity index (χ1) is 20.2. The predicted octanol–water partition coefficient (Wildman–Crippen LogP) is 5.88. The molecule has 0 spiro atoms. The van der Waals surface area contributed by atoms with Gasteiger partial charge in [-0.05, 0) is 84.7 Å². The molecule has 5 N–H and O–H groups in total. The van der Waals surface area contributed by atoms with Crippen molar-refractivity contribution in [2.45, 2.75) is 65.1 Å². The fourth-order valence-corrected chi connectivity index (χ4v) is 4.21. The molecule has 42 heavy (non-hydrogen) atoms. The first kappa shape index (κ1) is 32.2. The van der Waals surface area contributed by atoms with E-state index in [0.29, 0.717) is 49.1 Å². The van der Waals surface area contributed by atoms with Crippen LogP contribution in [-0.4, -0.2) is 30.1 Å². The summed E-state index contributed by atoms with van der Waals surface area (Å²) in [6.07, 6.45) is 8.13. The Bertz CT molecular complexity index is 1300. The number of hydrogen-bond acceptors (Lipinski definition) is 6. The van der Waals surface area contributed by atoms with Gasteiger partial charge in [-0.3, -0.25) is 9.59 Å². The van der Waals surface area contributed by atoms with E-state index in [1.165, 1.54) is 0 Å². The highest BCUT2D eigenvalue weighted by Crippen LogP contribution is 2.29. The molecule has 0 aliphatic rings. The Morgan fingerprint density at radius 3 is 2.31 bits per heavy atom. The summed E-state index contributed by atoms with van der Waals surface area (Å²) in [5, 5.41) is 15.2. The summed E-state index contributed by atoms with van der Waals surface area (Å²) < 4.78 is 11.5. The van der Waals surface area contributed by atoms with Crippen LogP contribution in [0, 0.1) is 5.92 Å². The van der Waals surface area contributed by atoms with Gasteiger partial charge in [0.25, 0.3) is 0 Å². The number of aromatic hydroxyl groups is 1. The van der Waals surface area contributed by atoms with Gasteiger partial charge in [-0.2, -0.15) is 0 Å². The van der Waals surface area contributed by atoms with Gasteiger partial charge in [0.1, 0.15) is 12.4 Å². The van der Waals surface area contributed by atoms with Crippen molar-refractivity contribution in [2.75, 3.05) is 12.4 Å². The number of allylic oxidation sites excluding steroid dienone is 2. The van der Waals surface area contributed by atoms with E-state index >= 15 is 0 Å². The third kappa shape index (κ3) is 11.3. The molecule has 3 rings (SSSR count). The molecule has 0 heterocycles. The molecule has 224 valence electrons. The number of phenolic OH excluding ortho intramolecular Hbond substituents is 1. The van der Waals surface area contributed by atoms with Gasteiger partial charge in [0, 0.05) is 18.7 Å². The summed E-state index contributed by atoms with van der Waals surface area (Å²) in [4.78, 5) is 24.7. The third-order valence-electron chi connectivity index (χ3n) is 6.61. The van der Waals surface area contributed by atoms with Crippen LogP contribution in [0.15, 0.2) is 78.9 Å². The van der Waals surface area contributed by atoms with E-state index in [1.54, 1.807) is 43.5 Å². The molecular formula is C34H43N3O5. The monoisotopic (exact) mass is 573 g/mol. The molecule has 2 amide bonds. The molecule has 0 saturated heterocycles. The first-order valence-corrected chi connectivity index (χ1v) is 14.4. The summed E-state index contributed by atoms with van der Waals surface area (Å²) in [5.41, 5.74) is 9.41. The van der Waals surface area contributed by atoms with E-state index in [1.807, 2.05) is 30.3 Å². The summed E-state index contributed by atoms with van der Waals surface area (Å²) in [6.45, 7) is 5.05. The fraction of sp³-hybridized carbons (Fsp3) is 0.353. The van der Waals surface area contributed by atoms with Gasteiger partial charge in [-0.25, -0.2) is 0 Å². The summed E-state index contributed by atoms with van der Waals surface area (Å²) in [5.74, 6) is 1.67.